The molecule has 38 heavy (non-hydrogen) atoms. The van der Waals surface area contributed by atoms with Gasteiger partial charge in [0.15, 0.2) is 0 Å². The molecular weight excluding hydrogens is 504 g/mol. The van der Waals surface area contributed by atoms with E-state index in [1.54, 1.807) is 38.9 Å². The molecule has 2 atom stereocenters. The highest BCUT2D eigenvalue weighted by Crippen LogP contribution is 2.55. The fourth-order valence-corrected chi connectivity index (χ4v) is 6.92. The van der Waals surface area contributed by atoms with E-state index >= 15 is 0 Å². The molecule has 0 amide bonds. The minimum atomic E-state index is -3.56. The van der Waals surface area contributed by atoms with Crippen LogP contribution in [0.15, 0.2) is 65.8 Å². The first kappa shape index (κ1) is 24.5. The lowest BCUT2D eigenvalue weighted by molar-refractivity contribution is 0.0695. The number of carboxylic acid groups (broad SMARTS) is 1. The van der Waals surface area contributed by atoms with E-state index in [0.717, 1.165) is 42.5 Å². The topological polar surface area (TPSA) is 123 Å². The third-order valence-corrected chi connectivity index (χ3v) is 9.28. The van der Waals surface area contributed by atoms with Crippen LogP contribution in [0.2, 0.25) is 0 Å². The summed E-state index contributed by atoms with van der Waals surface area (Å²) >= 11 is 0. The van der Waals surface area contributed by atoms with Gasteiger partial charge in [-0.25, -0.2) is 17.9 Å². The van der Waals surface area contributed by atoms with Crippen molar-refractivity contribution in [3.05, 3.63) is 77.9 Å². The Hall–Kier alpha value is -3.83. The zero-order valence-electron chi connectivity index (χ0n) is 20.9. The Morgan fingerprint density at radius 1 is 1.00 bits per heavy atom. The Labute approximate surface area is 220 Å². The number of rotatable bonds is 7. The predicted molar refractivity (Wildman–Crippen MR) is 140 cm³/mol. The number of carboxylic acids is 1. The molecule has 1 aliphatic carbocycles. The number of sulfonamides is 1. The highest BCUT2D eigenvalue weighted by molar-refractivity contribution is 7.89. The van der Waals surface area contributed by atoms with Crippen molar-refractivity contribution in [1.82, 2.24) is 29.1 Å². The Balaban J connectivity index is 1.35. The lowest BCUT2D eigenvalue weighted by Gasteiger charge is -2.26. The molecule has 2 aromatic heterocycles. The lowest BCUT2D eigenvalue weighted by atomic mass is 10.0. The van der Waals surface area contributed by atoms with Gasteiger partial charge < -0.3 is 5.11 Å². The summed E-state index contributed by atoms with van der Waals surface area (Å²) in [7, 11) is -1.76. The molecule has 2 aromatic carbocycles. The summed E-state index contributed by atoms with van der Waals surface area (Å²) in [4.78, 5) is 12.3. The molecule has 4 aromatic rings. The second-order valence-corrected chi connectivity index (χ2v) is 11.9. The zero-order chi connectivity index (χ0) is 26.4. The maximum absolute atomic E-state index is 13.2. The van der Waals surface area contributed by atoms with Crippen molar-refractivity contribution < 1.29 is 18.3 Å². The molecule has 3 heterocycles. The van der Waals surface area contributed by atoms with Gasteiger partial charge in [0.1, 0.15) is 5.56 Å². The average Bonchev–Trinajstić information content (AvgIpc) is 3.38. The average molecular weight is 533 g/mol. The van der Waals surface area contributed by atoms with Gasteiger partial charge in [0.25, 0.3) is 0 Å². The van der Waals surface area contributed by atoms with Crippen LogP contribution in [-0.4, -0.2) is 61.7 Å². The minimum Gasteiger partial charge on any atom is -0.478 e. The van der Waals surface area contributed by atoms with E-state index < -0.39 is 16.0 Å². The van der Waals surface area contributed by atoms with Crippen molar-refractivity contribution in [2.75, 3.05) is 13.1 Å². The van der Waals surface area contributed by atoms with Gasteiger partial charge in [-0.1, -0.05) is 35.9 Å². The first-order chi connectivity index (χ1) is 18.3. The molecule has 11 heteroatoms. The van der Waals surface area contributed by atoms with E-state index in [-0.39, 0.29) is 22.3 Å². The highest BCUT2D eigenvalue weighted by atomic mass is 32.2. The van der Waals surface area contributed by atoms with Crippen LogP contribution in [0.5, 0.6) is 0 Å². The third kappa shape index (κ3) is 4.41. The summed E-state index contributed by atoms with van der Waals surface area (Å²) in [6.07, 6.45) is 6.83. The van der Waals surface area contributed by atoms with E-state index in [1.807, 2.05) is 36.5 Å². The summed E-state index contributed by atoms with van der Waals surface area (Å²) in [5.41, 5.74) is 3.92. The van der Waals surface area contributed by atoms with Crippen LogP contribution in [0.1, 0.15) is 59.3 Å². The Bertz CT molecular complexity index is 1620. The third-order valence-electron chi connectivity index (χ3n) is 7.39. The van der Waals surface area contributed by atoms with Gasteiger partial charge in [-0.2, -0.15) is 9.40 Å². The number of piperidine rings is 1. The van der Waals surface area contributed by atoms with Gasteiger partial charge in [-0.3, -0.25) is 4.68 Å². The van der Waals surface area contributed by atoms with Crippen LogP contribution in [0.3, 0.4) is 0 Å². The fraction of sp³-hybridized carbons (Fsp3) is 0.333. The molecule has 1 saturated heterocycles. The number of hydrogen-bond donors (Lipinski definition) is 1. The molecule has 0 bridgehead atoms. The number of aryl methyl sites for hydroxylation is 1. The van der Waals surface area contributed by atoms with Gasteiger partial charge >= 0.3 is 5.97 Å². The van der Waals surface area contributed by atoms with E-state index in [0.29, 0.717) is 24.5 Å². The van der Waals surface area contributed by atoms with Crippen LogP contribution in [0.4, 0.5) is 0 Å². The molecule has 10 nitrogen and oxygen atoms in total. The number of nitrogens with zero attached hydrogens (tertiary/aromatic N) is 6. The van der Waals surface area contributed by atoms with Crippen molar-refractivity contribution in [2.45, 2.75) is 42.4 Å². The van der Waals surface area contributed by atoms with E-state index in [2.05, 4.69) is 15.4 Å². The number of benzene rings is 2. The molecule has 0 radical (unpaired) electrons. The SMILES string of the molecule is Cn1cc([C@@H]2C[C@H]2c2c(C(=O)O)cnn2-c2cccc(-c3cccc(S(=O)(=O)N4CCCCC4)c3)c2)nn1. The van der Waals surface area contributed by atoms with Gasteiger partial charge in [-0.05, 0) is 54.7 Å². The predicted octanol–water partition coefficient (Wildman–Crippen LogP) is 3.81. The molecular formula is C27H28N6O4S. The van der Waals surface area contributed by atoms with Crippen molar-refractivity contribution in [2.24, 2.45) is 7.05 Å². The highest BCUT2D eigenvalue weighted by Gasteiger charge is 2.46. The second-order valence-electron chi connectivity index (χ2n) is 9.97. The van der Waals surface area contributed by atoms with Crippen LogP contribution in [-0.2, 0) is 17.1 Å². The molecule has 1 N–H and O–H groups in total. The Morgan fingerprint density at radius 2 is 1.74 bits per heavy atom. The summed E-state index contributed by atoms with van der Waals surface area (Å²) in [6.45, 7) is 1.10. The molecule has 2 fully saturated rings. The van der Waals surface area contributed by atoms with Crippen molar-refractivity contribution in [3.63, 3.8) is 0 Å². The van der Waals surface area contributed by atoms with Crippen LogP contribution in [0, 0.1) is 0 Å². The molecule has 0 unspecified atom stereocenters. The standard InChI is InChI=1S/C27H28N6O4S/c1-31-17-25(29-30-31)22-15-23(22)26-24(27(34)35)16-28-33(26)20-9-5-7-18(13-20)19-8-6-10-21(14-19)38(36,37)32-11-3-2-4-12-32/h5-10,13-14,16-17,22-23H,2-4,11-12,15H2,1H3,(H,34,35)/t22-,23-/m1/s1. The van der Waals surface area contributed by atoms with E-state index in [4.69, 9.17) is 0 Å². The van der Waals surface area contributed by atoms with E-state index in [9.17, 15) is 18.3 Å². The van der Waals surface area contributed by atoms with Gasteiger partial charge in [0.2, 0.25) is 10.0 Å². The first-order valence-electron chi connectivity index (χ1n) is 12.7. The molecule has 6 rings (SSSR count). The molecule has 2 aliphatic rings. The monoisotopic (exact) mass is 532 g/mol. The number of aromatic carboxylic acids is 1. The largest absolute Gasteiger partial charge is 0.478 e. The maximum Gasteiger partial charge on any atom is 0.339 e. The van der Waals surface area contributed by atoms with Crippen LogP contribution in [0.25, 0.3) is 16.8 Å². The van der Waals surface area contributed by atoms with Gasteiger partial charge in [0, 0.05) is 38.2 Å². The summed E-state index contributed by atoms with van der Waals surface area (Å²) in [6, 6.07) is 14.6. The quantitative estimate of drug-likeness (QED) is 0.384. The second kappa shape index (κ2) is 9.48. The first-order valence-corrected chi connectivity index (χ1v) is 14.2. The van der Waals surface area contributed by atoms with Crippen molar-refractivity contribution in [3.8, 4) is 16.8 Å². The number of carbonyl (C=O) groups is 1. The van der Waals surface area contributed by atoms with Crippen LogP contribution < -0.4 is 0 Å². The molecule has 1 saturated carbocycles. The summed E-state index contributed by atoms with van der Waals surface area (Å²) in [5.74, 6) is -0.984. The smallest absolute Gasteiger partial charge is 0.339 e. The minimum absolute atomic E-state index is 0.0398. The zero-order valence-corrected chi connectivity index (χ0v) is 21.8. The maximum atomic E-state index is 13.2. The van der Waals surface area contributed by atoms with Crippen LogP contribution >= 0.6 is 0 Å². The number of aromatic nitrogens is 5. The Morgan fingerprint density at radius 3 is 2.45 bits per heavy atom. The van der Waals surface area contributed by atoms with Gasteiger partial charge in [-0.15, -0.1) is 5.10 Å². The summed E-state index contributed by atoms with van der Waals surface area (Å²) in [5, 5.41) is 22.5. The van der Waals surface area contributed by atoms with E-state index in [1.165, 1.54) is 6.20 Å². The van der Waals surface area contributed by atoms with Crippen molar-refractivity contribution >= 4 is 16.0 Å². The summed E-state index contributed by atoms with van der Waals surface area (Å²) < 4.78 is 31.4. The van der Waals surface area contributed by atoms with Crippen molar-refractivity contribution in [1.29, 1.82) is 0 Å². The lowest BCUT2D eigenvalue weighted by Crippen LogP contribution is -2.35. The molecule has 0 spiro atoms. The molecule has 196 valence electrons. The van der Waals surface area contributed by atoms with Gasteiger partial charge in [0.05, 0.1) is 28.2 Å². The molecule has 1 aliphatic heterocycles. The Kier molecular flexibility index (Phi) is 6.11. The normalized spacial score (nSPS) is 19.9. The fourth-order valence-electron chi connectivity index (χ4n) is 5.35. The number of hydrogen-bond acceptors (Lipinski definition) is 6.